The summed E-state index contributed by atoms with van der Waals surface area (Å²) >= 11 is 0. The Labute approximate surface area is 119 Å². The van der Waals surface area contributed by atoms with Gasteiger partial charge in [-0.15, -0.1) is 0 Å². The van der Waals surface area contributed by atoms with Crippen LogP contribution in [0.15, 0.2) is 24.3 Å². The van der Waals surface area contributed by atoms with Crippen molar-refractivity contribution in [3.05, 3.63) is 29.8 Å². The Balaban J connectivity index is 1.62. The van der Waals surface area contributed by atoms with Crippen molar-refractivity contribution in [2.75, 3.05) is 26.7 Å². The van der Waals surface area contributed by atoms with Crippen LogP contribution >= 0.6 is 0 Å². The molecule has 0 bridgehead atoms. The van der Waals surface area contributed by atoms with Crippen LogP contribution in [-0.4, -0.2) is 43.6 Å². The zero-order chi connectivity index (χ0) is 14.4. The molecule has 2 rings (SSSR count). The summed E-state index contributed by atoms with van der Waals surface area (Å²) in [5.41, 5.74) is 0.574. The number of hydrogen-bond donors (Lipinski definition) is 1. The highest BCUT2D eigenvalue weighted by molar-refractivity contribution is 5.77. The minimum Gasteiger partial charge on any atom is -0.484 e. The van der Waals surface area contributed by atoms with E-state index >= 15 is 0 Å². The third-order valence-corrected chi connectivity index (χ3v) is 3.31. The summed E-state index contributed by atoms with van der Waals surface area (Å²) < 4.78 is 5.35. The summed E-state index contributed by atoms with van der Waals surface area (Å²) in [5, 5.41) is 11.5. The predicted octanol–water partition coefficient (Wildman–Crippen LogP) is 1.15. The van der Waals surface area contributed by atoms with Crippen molar-refractivity contribution < 1.29 is 9.53 Å². The summed E-state index contributed by atoms with van der Waals surface area (Å²) in [6, 6.07) is 9.45. The molecule has 0 heterocycles. The number of benzene rings is 1. The fourth-order valence-electron chi connectivity index (χ4n) is 1.90. The number of likely N-dealkylation sites (N-methyl/N-ethyl adjacent to an activating group) is 1. The number of carbonyl (C=O) groups excluding carboxylic acids is 1. The average Bonchev–Trinajstić information content (AvgIpc) is 3.30. The SMILES string of the molecule is CN(CCNC(=O)COc1ccc(C#N)cc1)C1CC1. The number of carbonyl (C=O) groups is 1. The highest BCUT2D eigenvalue weighted by atomic mass is 16.5. The monoisotopic (exact) mass is 273 g/mol. The maximum Gasteiger partial charge on any atom is 0.257 e. The van der Waals surface area contributed by atoms with Gasteiger partial charge in [-0.2, -0.15) is 5.26 Å². The van der Waals surface area contributed by atoms with Crippen LogP contribution in [0.5, 0.6) is 5.75 Å². The molecule has 0 aromatic heterocycles. The van der Waals surface area contributed by atoms with Crippen molar-refractivity contribution in [3.8, 4) is 11.8 Å². The number of nitrogens with zero attached hydrogens (tertiary/aromatic N) is 2. The van der Waals surface area contributed by atoms with Crippen LogP contribution in [0, 0.1) is 11.3 Å². The Morgan fingerprint density at radius 3 is 2.75 bits per heavy atom. The van der Waals surface area contributed by atoms with Gasteiger partial charge in [0.1, 0.15) is 5.75 Å². The van der Waals surface area contributed by atoms with Crippen LogP contribution in [0.25, 0.3) is 0 Å². The summed E-state index contributed by atoms with van der Waals surface area (Å²) in [4.78, 5) is 13.9. The van der Waals surface area contributed by atoms with E-state index in [9.17, 15) is 4.79 Å². The molecule has 1 aromatic carbocycles. The second kappa shape index (κ2) is 6.92. The van der Waals surface area contributed by atoms with Gasteiger partial charge in [-0.1, -0.05) is 0 Å². The number of rotatable bonds is 7. The molecule has 0 atom stereocenters. The van der Waals surface area contributed by atoms with Crippen LogP contribution < -0.4 is 10.1 Å². The predicted molar refractivity (Wildman–Crippen MR) is 75.3 cm³/mol. The molecule has 0 radical (unpaired) electrons. The summed E-state index contributed by atoms with van der Waals surface area (Å²) in [6.45, 7) is 1.51. The zero-order valence-electron chi connectivity index (χ0n) is 11.6. The van der Waals surface area contributed by atoms with Crippen LogP contribution in [0.4, 0.5) is 0 Å². The molecule has 1 aliphatic carbocycles. The maximum atomic E-state index is 11.6. The first kappa shape index (κ1) is 14.4. The van der Waals surface area contributed by atoms with E-state index in [1.54, 1.807) is 24.3 Å². The lowest BCUT2D eigenvalue weighted by Gasteiger charge is -2.15. The van der Waals surface area contributed by atoms with Gasteiger partial charge in [0.25, 0.3) is 5.91 Å². The Hall–Kier alpha value is -2.06. The molecule has 1 aromatic rings. The minimum absolute atomic E-state index is 0.000949. The highest BCUT2D eigenvalue weighted by Crippen LogP contribution is 2.24. The Kier molecular flexibility index (Phi) is 4.97. The summed E-state index contributed by atoms with van der Waals surface area (Å²) in [6.07, 6.45) is 2.54. The molecule has 1 aliphatic rings. The number of amides is 1. The van der Waals surface area contributed by atoms with Gasteiger partial charge in [0, 0.05) is 19.1 Å². The van der Waals surface area contributed by atoms with Crippen molar-refractivity contribution in [3.63, 3.8) is 0 Å². The van der Waals surface area contributed by atoms with E-state index in [0.29, 0.717) is 23.9 Å². The molecule has 1 saturated carbocycles. The fraction of sp³-hybridized carbons (Fsp3) is 0.467. The van der Waals surface area contributed by atoms with Crippen molar-refractivity contribution in [2.45, 2.75) is 18.9 Å². The van der Waals surface area contributed by atoms with Gasteiger partial charge >= 0.3 is 0 Å². The van der Waals surface area contributed by atoms with E-state index in [-0.39, 0.29) is 12.5 Å². The van der Waals surface area contributed by atoms with Gasteiger partial charge in [0.15, 0.2) is 6.61 Å². The normalized spacial score (nSPS) is 13.8. The molecule has 106 valence electrons. The van der Waals surface area contributed by atoms with Gasteiger partial charge in [0.05, 0.1) is 11.6 Å². The second-order valence-corrected chi connectivity index (χ2v) is 4.99. The molecule has 0 saturated heterocycles. The third-order valence-electron chi connectivity index (χ3n) is 3.31. The fourth-order valence-corrected chi connectivity index (χ4v) is 1.90. The first-order valence-electron chi connectivity index (χ1n) is 6.79. The van der Waals surface area contributed by atoms with Crippen molar-refractivity contribution >= 4 is 5.91 Å². The van der Waals surface area contributed by atoms with Gasteiger partial charge in [0.2, 0.25) is 0 Å². The van der Waals surface area contributed by atoms with E-state index in [1.807, 2.05) is 6.07 Å². The van der Waals surface area contributed by atoms with Crippen molar-refractivity contribution in [1.29, 1.82) is 5.26 Å². The van der Waals surface area contributed by atoms with E-state index < -0.39 is 0 Å². The van der Waals surface area contributed by atoms with Gasteiger partial charge in [-0.25, -0.2) is 0 Å². The lowest BCUT2D eigenvalue weighted by atomic mass is 10.2. The minimum atomic E-state index is -0.126. The molecule has 1 fully saturated rings. The Morgan fingerprint density at radius 2 is 2.15 bits per heavy atom. The molecule has 5 nitrogen and oxygen atoms in total. The second-order valence-electron chi connectivity index (χ2n) is 4.99. The van der Waals surface area contributed by atoms with Gasteiger partial charge in [-0.05, 0) is 44.2 Å². The molecular formula is C15H19N3O2. The zero-order valence-corrected chi connectivity index (χ0v) is 11.6. The molecular weight excluding hydrogens is 254 g/mol. The van der Waals surface area contributed by atoms with Crippen molar-refractivity contribution in [2.24, 2.45) is 0 Å². The lowest BCUT2D eigenvalue weighted by Crippen LogP contribution is -2.36. The Bertz CT molecular complexity index is 489. The van der Waals surface area contributed by atoms with Crippen LogP contribution in [0.3, 0.4) is 0 Å². The van der Waals surface area contributed by atoms with E-state index in [2.05, 4.69) is 17.3 Å². The van der Waals surface area contributed by atoms with Crippen LogP contribution in [0.1, 0.15) is 18.4 Å². The number of nitrogens with one attached hydrogen (secondary N) is 1. The quantitative estimate of drug-likeness (QED) is 0.809. The van der Waals surface area contributed by atoms with E-state index in [4.69, 9.17) is 10.00 Å². The lowest BCUT2D eigenvalue weighted by molar-refractivity contribution is -0.123. The standard InChI is InChI=1S/C15H19N3O2/c1-18(13-4-5-13)9-8-17-15(19)11-20-14-6-2-12(10-16)3-7-14/h2-3,6-7,13H,4-5,8-9,11H2,1H3,(H,17,19). The smallest absolute Gasteiger partial charge is 0.257 e. The van der Waals surface area contributed by atoms with Crippen LogP contribution in [-0.2, 0) is 4.79 Å². The maximum absolute atomic E-state index is 11.6. The number of hydrogen-bond acceptors (Lipinski definition) is 4. The summed E-state index contributed by atoms with van der Waals surface area (Å²) in [5.74, 6) is 0.466. The molecule has 1 N–H and O–H groups in total. The molecule has 5 heteroatoms. The van der Waals surface area contributed by atoms with Gasteiger partial charge < -0.3 is 15.0 Å². The van der Waals surface area contributed by atoms with E-state index in [1.165, 1.54) is 12.8 Å². The van der Waals surface area contributed by atoms with Crippen LogP contribution in [0.2, 0.25) is 0 Å². The van der Waals surface area contributed by atoms with E-state index in [0.717, 1.165) is 6.54 Å². The molecule has 0 aliphatic heterocycles. The van der Waals surface area contributed by atoms with Gasteiger partial charge in [-0.3, -0.25) is 4.79 Å². The first-order chi connectivity index (χ1) is 9.69. The topological polar surface area (TPSA) is 65.4 Å². The van der Waals surface area contributed by atoms with Crippen molar-refractivity contribution in [1.82, 2.24) is 10.2 Å². The molecule has 0 spiro atoms. The first-order valence-corrected chi connectivity index (χ1v) is 6.79. The largest absolute Gasteiger partial charge is 0.484 e. The number of nitriles is 1. The highest BCUT2D eigenvalue weighted by Gasteiger charge is 2.25. The summed E-state index contributed by atoms with van der Waals surface area (Å²) in [7, 11) is 2.08. The average molecular weight is 273 g/mol. The molecule has 0 unspecified atom stereocenters. The molecule has 1 amide bonds. The number of ether oxygens (including phenoxy) is 1. The Morgan fingerprint density at radius 1 is 1.45 bits per heavy atom. The molecule has 20 heavy (non-hydrogen) atoms. The third kappa shape index (κ3) is 4.56.